The normalized spacial score (nSPS) is 12.2. The van der Waals surface area contributed by atoms with Gasteiger partial charge in [0.2, 0.25) is 0 Å². The number of hydrogen-bond donors (Lipinski definition) is 2. The van der Waals surface area contributed by atoms with Gasteiger partial charge in [-0.15, -0.1) is 0 Å². The summed E-state index contributed by atoms with van der Waals surface area (Å²) in [6, 6.07) is 0. The van der Waals surface area contributed by atoms with Crippen molar-refractivity contribution in [3.8, 4) is 0 Å². The first-order valence-corrected chi connectivity index (χ1v) is 4.51. The molecule has 0 amide bonds. The van der Waals surface area contributed by atoms with E-state index in [1.54, 1.807) is 0 Å². The van der Waals surface area contributed by atoms with Gasteiger partial charge < -0.3 is 9.11 Å². The smallest absolute Gasteiger partial charge is 0.149 e. The Morgan fingerprint density at radius 2 is 1.10 bits per heavy atom. The van der Waals surface area contributed by atoms with Crippen molar-refractivity contribution in [3.05, 3.63) is 5.08 Å². The molecule has 0 heterocycles. The average Bonchev–Trinajstić information content (AvgIpc) is 1.14. The molecule has 0 aliphatic carbocycles. The molecule has 0 aromatic carbocycles. The van der Waals surface area contributed by atoms with E-state index in [0.717, 1.165) is 0 Å². The molecule has 0 aromatic rings. The summed E-state index contributed by atoms with van der Waals surface area (Å²) in [7, 11) is -9.49. The summed E-state index contributed by atoms with van der Waals surface area (Å²) < 4.78 is 53.9. The van der Waals surface area contributed by atoms with Crippen molar-refractivity contribution < 1.29 is 47.0 Å². The minimum atomic E-state index is -4.74. The molecule has 66 valence electrons. The molecule has 6 nitrogen and oxygen atoms in total. The zero-order chi connectivity index (χ0) is 7.71. The van der Waals surface area contributed by atoms with Crippen LogP contribution in [0.25, 0.3) is 0 Å². The van der Waals surface area contributed by atoms with E-state index < -0.39 is 25.3 Å². The van der Waals surface area contributed by atoms with E-state index in [1.807, 2.05) is 0 Å². The van der Waals surface area contributed by atoms with Crippen molar-refractivity contribution in [2.24, 2.45) is 0 Å². The van der Waals surface area contributed by atoms with E-state index in [4.69, 9.17) is 9.11 Å². The van der Waals surface area contributed by atoms with Crippen LogP contribution < -0.4 is 0 Å². The van der Waals surface area contributed by atoms with Gasteiger partial charge >= 0.3 is 0 Å². The first-order valence-electron chi connectivity index (χ1n) is 1.50. The second-order valence-electron chi connectivity index (χ2n) is 1.13. The fraction of sp³-hybridized carbons (Fsp3) is 0. The molecule has 9 heteroatoms. The van der Waals surface area contributed by atoms with Crippen LogP contribution in [0.4, 0.5) is 0 Å². The van der Waals surface area contributed by atoms with Crippen LogP contribution in [0.3, 0.4) is 0 Å². The Bertz CT molecular complexity index is 241. The monoisotopic (exact) mass is 370 g/mol. The molecule has 0 saturated carbocycles. The summed E-state index contributed by atoms with van der Waals surface area (Å²) in [5.41, 5.74) is 0. The van der Waals surface area contributed by atoms with E-state index in [9.17, 15) is 16.8 Å². The Kier molecular flexibility index (Phi) is 4.95. The van der Waals surface area contributed by atoms with Crippen LogP contribution in [0.2, 0.25) is 0 Å². The quantitative estimate of drug-likeness (QED) is 0.471. The zero-order valence-corrected chi connectivity index (χ0v) is 8.14. The van der Waals surface area contributed by atoms with Crippen molar-refractivity contribution in [3.63, 3.8) is 0 Å². The summed E-state index contributed by atoms with van der Waals surface area (Å²) in [5.74, 6) is 0. The van der Waals surface area contributed by atoms with Gasteiger partial charge in [-0.05, 0) is 5.08 Å². The van der Waals surface area contributed by atoms with E-state index >= 15 is 0 Å². The van der Waals surface area contributed by atoms with Crippen molar-refractivity contribution in [2.45, 2.75) is 0 Å². The largest absolute Gasteiger partial charge is 0.309 e. The van der Waals surface area contributed by atoms with E-state index in [1.165, 1.54) is 0 Å². The van der Waals surface area contributed by atoms with Crippen LogP contribution >= 0.6 is 0 Å². The van der Waals surface area contributed by atoms with Crippen LogP contribution in [0.5, 0.6) is 0 Å². The Hall–Kier alpha value is 0.508. The van der Waals surface area contributed by atoms with Gasteiger partial charge in [0, 0.05) is 21.1 Å². The van der Waals surface area contributed by atoms with Crippen LogP contribution in [0.15, 0.2) is 0 Å². The molecule has 2 N–H and O–H groups in total. The predicted molar refractivity (Wildman–Crippen MR) is 27.4 cm³/mol. The van der Waals surface area contributed by atoms with E-state index in [2.05, 4.69) is 0 Å². The van der Waals surface area contributed by atoms with Crippen LogP contribution in [0, 0.1) is 5.08 Å². The molecule has 0 atom stereocenters. The molecule has 0 aromatic heterocycles. The zero-order valence-electron chi connectivity index (χ0n) is 4.24. The van der Waals surface area contributed by atoms with Gasteiger partial charge in [0.15, 0.2) is 0 Å². The van der Waals surface area contributed by atoms with Gasteiger partial charge in [0.25, 0.3) is 0 Å². The first-order chi connectivity index (χ1) is 3.71. The van der Waals surface area contributed by atoms with Gasteiger partial charge in [-0.3, -0.25) is 0 Å². The maximum Gasteiger partial charge on any atom is 0.149 e. The minimum Gasteiger partial charge on any atom is -0.309 e. The molecular weight excluding hydrogens is 367 g/mol. The third kappa shape index (κ3) is 11.3. The molecular formula is CH3O6PtS2-. The van der Waals surface area contributed by atoms with Gasteiger partial charge in [0.05, 0.1) is 0 Å². The average molecular weight is 370 g/mol. The Balaban J connectivity index is 0. The third-order valence-corrected chi connectivity index (χ3v) is 2.19. The fourth-order valence-electron chi connectivity index (χ4n) is 0.154. The molecule has 0 fully saturated rings. The second kappa shape index (κ2) is 3.77. The van der Waals surface area contributed by atoms with Gasteiger partial charge in [-0.25, -0.2) is 16.8 Å². The van der Waals surface area contributed by atoms with Crippen molar-refractivity contribution in [1.82, 2.24) is 0 Å². The molecule has 0 aliphatic heterocycles. The van der Waals surface area contributed by atoms with Crippen molar-refractivity contribution >= 4 is 20.2 Å². The first kappa shape index (κ1) is 13.1. The third-order valence-electron chi connectivity index (χ3n) is 0.243. The molecule has 0 rings (SSSR count). The summed E-state index contributed by atoms with van der Waals surface area (Å²) in [4.78, 5) is 0. The van der Waals surface area contributed by atoms with Crippen LogP contribution in [0.1, 0.15) is 0 Å². The fourth-order valence-corrected chi connectivity index (χ4v) is 1.38. The summed E-state index contributed by atoms with van der Waals surface area (Å²) in [6.07, 6.45) is 0. The number of rotatable bonds is 2. The van der Waals surface area contributed by atoms with Gasteiger partial charge in [-0.1, -0.05) is 0 Å². The van der Waals surface area contributed by atoms with E-state index in [0.29, 0.717) is 0 Å². The molecule has 0 saturated heterocycles. The summed E-state index contributed by atoms with van der Waals surface area (Å²) >= 11 is 0. The van der Waals surface area contributed by atoms with Gasteiger partial charge in [-0.2, -0.15) is 0 Å². The molecule has 0 spiro atoms. The maximum atomic E-state index is 9.61. The summed E-state index contributed by atoms with van der Waals surface area (Å²) in [5, 5.41) is -0.569. The van der Waals surface area contributed by atoms with E-state index in [-0.39, 0.29) is 21.1 Å². The van der Waals surface area contributed by atoms with Crippen LogP contribution in [-0.2, 0) is 41.3 Å². The predicted octanol–water partition coefficient (Wildman–Crippen LogP) is -1.12. The Morgan fingerprint density at radius 3 is 1.10 bits per heavy atom. The van der Waals surface area contributed by atoms with Crippen molar-refractivity contribution in [2.75, 3.05) is 0 Å². The molecule has 0 unspecified atom stereocenters. The SMILES string of the molecule is O=S(=O)(O)[CH-]S(=O)(=O)O.[Pt]. The van der Waals surface area contributed by atoms with Crippen LogP contribution in [-0.4, -0.2) is 25.9 Å². The summed E-state index contributed by atoms with van der Waals surface area (Å²) in [6.45, 7) is 0. The maximum absolute atomic E-state index is 9.61. The van der Waals surface area contributed by atoms with Crippen molar-refractivity contribution in [1.29, 1.82) is 0 Å². The molecule has 10 heavy (non-hydrogen) atoms. The Morgan fingerprint density at radius 1 is 0.900 bits per heavy atom. The topological polar surface area (TPSA) is 109 Å². The molecule has 0 bridgehead atoms. The Labute approximate surface area is 72.4 Å². The standard InChI is InChI=1S/CH3O6S2.Pt/c2-8(3,4)1-9(5,6)7;/h1H,(H,2,3,4)(H,5,6,7);/q-1;. The van der Waals surface area contributed by atoms with Gasteiger partial charge in [0.1, 0.15) is 20.2 Å². The number of hydrogen-bond acceptors (Lipinski definition) is 4. The molecule has 0 radical (unpaired) electrons. The molecule has 0 aliphatic rings. The second-order valence-corrected chi connectivity index (χ2v) is 3.96. The minimum absolute atomic E-state index is 0.